The van der Waals surface area contributed by atoms with Crippen LogP contribution in [0.1, 0.15) is 25.8 Å². The first kappa shape index (κ1) is 13.5. The van der Waals surface area contributed by atoms with E-state index in [2.05, 4.69) is 0 Å². The van der Waals surface area contributed by atoms with E-state index >= 15 is 0 Å². The van der Waals surface area contributed by atoms with Crippen molar-refractivity contribution < 1.29 is 18.7 Å². The fourth-order valence-corrected chi connectivity index (χ4v) is 1.55. The third kappa shape index (κ3) is 4.06. The van der Waals surface area contributed by atoms with Crippen LogP contribution in [0.15, 0.2) is 18.2 Å². The lowest BCUT2D eigenvalue weighted by molar-refractivity contribution is -0.147. The second-order valence-electron chi connectivity index (χ2n) is 3.81. The average Bonchev–Trinajstić information content (AvgIpc) is 2.31. The molecule has 0 aromatic heterocycles. The highest BCUT2D eigenvalue weighted by Crippen LogP contribution is 2.21. The van der Waals surface area contributed by atoms with E-state index in [0.29, 0.717) is 18.6 Å². The Morgan fingerprint density at radius 2 is 2.18 bits per heavy atom. The van der Waals surface area contributed by atoms with E-state index in [-0.39, 0.29) is 17.9 Å². The van der Waals surface area contributed by atoms with Crippen LogP contribution in [-0.4, -0.2) is 19.2 Å². The normalized spacial score (nSPS) is 12.0. The number of hydrogen-bond donors (Lipinski definition) is 0. The van der Waals surface area contributed by atoms with Crippen LogP contribution in [0.2, 0.25) is 0 Å². The molecule has 1 rings (SSSR count). The molecule has 0 saturated carbocycles. The number of carbonyl (C=O) groups is 1. The summed E-state index contributed by atoms with van der Waals surface area (Å²) in [7, 11) is 1.49. The molecule has 0 heterocycles. The van der Waals surface area contributed by atoms with Crippen molar-refractivity contribution >= 4 is 5.97 Å². The number of rotatable bonds is 5. The van der Waals surface area contributed by atoms with Crippen molar-refractivity contribution in [2.45, 2.75) is 32.8 Å². The maximum Gasteiger partial charge on any atom is 0.305 e. The van der Waals surface area contributed by atoms with Gasteiger partial charge in [0.25, 0.3) is 0 Å². The fourth-order valence-electron chi connectivity index (χ4n) is 1.55. The predicted molar refractivity (Wildman–Crippen MR) is 62.5 cm³/mol. The summed E-state index contributed by atoms with van der Waals surface area (Å²) >= 11 is 0. The minimum atomic E-state index is -0.344. The number of carbonyl (C=O) groups excluding carboxylic acids is 1. The average molecular weight is 240 g/mol. The SMILES string of the molecule is CCC(=O)OC(C)Cc1ccc(F)cc1OC. The number of esters is 1. The molecule has 1 aromatic rings. The molecule has 0 amide bonds. The molecule has 0 fully saturated rings. The summed E-state index contributed by atoms with van der Waals surface area (Å²) in [6, 6.07) is 4.33. The number of hydrogen-bond acceptors (Lipinski definition) is 3. The minimum Gasteiger partial charge on any atom is -0.496 e. The molecule has 0 bridgehead atoms. The third-order valence-corrected chi connectivity index (χ3v) is 2.38. The number of methoxy groups -OCH3 is 1. The third-order valence-electron chi connectivity index (χ3n) is 2.38. The lowest BCUT2D eigenvalue weighted by atomic mass is 10.1. The number of halogens is 1. The lowest BCUT2D eigenvalue weighted by Gasteiger charge is -2.14. The van der Waals surface area contributed by atoms with Crippen molar-refractivity contribution in [3.63, 3.8) is 0 Å². The van der Waals surface area contributed by atoms with Crippen LogP contribution < -0.4 is 4.74 Å². The zero-order valence-corrected chi connectivity index (χ0v) is 10.3. The van der Waals surface area contributed by atoms with Crippen LogP contribution in [0.3, 0.4) is 0 Å². The molecule has 4 heteroatoms. The maximum absolute atomic E-state index is 13.0. The van der Waals surface area contributed by atoms with Crippen LogP contribution >= 0.6 is 0 Å². The molecule has 0 aliphatic heterocycles. The van der Waals surface area contributed by atoms with Gasteiger partial charge in [-0.05, 0) is 18.6 Å². The molecular weight excluding hydrogens is 223 g/mol. The van der Waals surface area contributed by atoms with Gasteiger partial charge in [-0.15, -0.1) is 0 Å². The molecule has 0 radical (unpaired) electrons. The second kappa shape index (κ2) is 6.23. The molecule has 1 aromatic carbocycles. The van der Waals surface area contributed by atoms with Crippen molar-refractivity contribution in [3.8, 4) is 5.75 Å². The van der Waals surface area contributed by atoms with E-state index in [1.165, 1.54) is 19.2 Å². The molecule has 1 atom stereocenters. The molecule has 94 valence electrons. The smallest absolute Gasteiger partial charge is 0.305 e. The van der Waals surface area contributed by atoms with Gasteiger partial charge in [-0.1, -0.05) is 13.0 Å². The predicted octanol–water partition coefficient (Wildman–Crippen LogP) is 2.72. The Labute approximate surface area is 101 Å². The van der Waals surface area contributed by atoms with E-state index in [1.807, 2.05) is 0 Å². The second-order valence-corrected chi connectivity index (χ2v) is 3.81. The largest absolute Gasteiger partial charge is 0.496 e. The Morgan fingerprint density at radius 1 is 1.47 bits per heavy atom. The molecule has 1 unspecified atom stereocenters. The maximum atomic E-state index is 13.0. The summed E-state index contributed by atoms with van der Waals surface area (Å²) in [5, 5.41) is 0. The monoisotopic (exact) mass is 240 g/mol. The summed E-state index contributed by atoms with van der Waals surface area (Å²) in [5.74, 6) is -0.105. The minimum absolute atomic E-state index is 0.237. The summed E-state index contributed by atoms with van der Waals surface area (Å²) in [6.45, 7) is 3.55. The zero-order valence-electron chi connectivity index (χ0n) is 10.3. The van der Waals surface area contributed by atoms with E-state index < -0.39 is 0 Å². The van der Waals surface area contributed by atoms with Crippen molar-refractivity contribution in [2.24, 2.45) is 0 Å². The van der Waals surface area contributed by atoms with E-state index in [0.717, 1.165) is 5.56 Å². The molecule has 0 aliphatic carbocycles. The molecule has 0 aliphatic rings. The highest BCUT2D eigenvalue weighted by atomic mass is 19.1. The van der Waals surface area contributed by atoms with Crippen LogP contribution in [0.5, 0.6) is 5.75 Å². The molecular formula is C13H17FO3. The topological polar surface area (TPSA) is 35.5 Å². The Morgan fingerprint density at radius 3 is 2.76 bits per heavy atom. The first-order chi connectivity index (χ1) is 8.06. The van der Waals surface area contributed by atoms with Gasteiger partial charge in [0.05, 0.1) is 7.11 Å². The lowest BCUT2D eigenvalue weighted by Crippen LogP contribution is -2.16. The van der Waals surface area contributed by atoms with Crippen molar-refractivity contribution in [2.75, 3.05) is 7.11 Å². The van der Waals surface area contributed by atoms with Crippen molar-refractivity contribution in [1.29, 1.82) is 0 Å². The number of ether oxygens (including phenoxy) is 2. The standard InChI is InChI=1S/C13H17FO3/c1-4-13(15)17-9(2)7-10-5-6-11(14)8-12(10)16-3/h5-6,8-9H,4,7H2,1-3H3. The van der Waals surface area contributed by atoms with E-state index in [9.17, 15) is 9.18 Å². The van der Waals surface area contributed by atoms with Crippen molar-refractivity contribution in [1.82, 2.24) is 0 Å². The van der Waals surface area contributed by atoms with Gasteiger partial charge in [-0.25, -0.2) is 4.39 Å². The first-order valence-corrected chi connectivity index (χ1v) is 5.58. The number of benzene rings is 1. The Balaban J connectivity index is 2.70. The molecule has 0 saturated heterocycles. The molecule has 0 spiro atoms. The highest BCUT2D eigenvalue weighted by molar-refractivity contribution is 5.69. The molecule has 3 nitrogen and oxygen atoms in total. The van der Waals surface area contributed by atoms with Gasteiger partial charge in [0.2, 0.25) is 0 Å². The van der Waals surface area contributed by atoms with Gasteiger partial charge in [0.1, 0.15) is 17.7 Å². The summed E-state index contributed by atoms with van der Waals surface area (Å²) < 4.78 is 23.2. The quantitative estimate of drug-likeness (QED) is 0.742. The van der Waals surface area contributed by atoms with Crippen LogP contribution in [0.4, 0.5) is 4.39 Å². The van der Waals surface area contributed by atoms with Gasteiger partial charge in [-0.3, -0.25) is 4.79 Å². The molecule has 0 N–H and O–H groups in total. The van der Waals surface area contributed by atoms with Gasteiger partial charge in [0.15, 0.2) is 0 Å². The summed E-state index contributed by atoms with van der Waals surface area (Å²) in [4.78, 5) is 11.1. The highest BCUT2D eigenvalue weighted by Gasteiger charge is 2.12. The van der Waals surface area contributed by atoms with Gasteiger partial charge >= 0.3 is 5.97 Å². The van der Waals surface area contributed by atoms with Crippen LogP contribution in [0, 0.1) is 5.82 Å². The first-order valence-electron chi connectivity index (χ1n) is 5.58. The zero-order chi connectivity index (χ0) is 12.8. The van der Waals surface area contributed by atoms with E-state index in [1.54, 1.807) is 19.9 Å². The fraction of sp³-hybridized carbons (Fsp3) is 0.462. The van der Waals surface area contributed by atoms with Crippen LogP contribution in [-0.2, 0) is 16.0 Å². The van der Waals surface area contributed by atoms with Crippen molar-refractivity contribution in [3.05, 3.63) is 29.6 Å². The Bertz CT molecular complexity index is 390. The Hall–Kier alpha value is -1.58. The van der Waals surface area contributed by atoms with Gasteiger partial charge in [-0.2, -0.15) is 0 Å². The molecule has 17 heavy (non-hydrogen) atoms. The Kier molecular flexibility index (Phi) is 4.94. The summed E-state index contributed by atoms with van der Waals surface area (Å²) in [6.07, 6.45) is 0.613. The van der Waals surface area contributed by atoms with Gasteiger partial charge < -0.3 is 9.47 Å². The van der Waals surface area contributed by atoms with E-state index in [4.69, 9.17) is 9.47 Å². The summed E-state index contributed by atoms with van der Waals surface area (Å²) in [5.41, 5.74) is 0.824. The van der Waals surface area contributed by atoms with Crippen LogP contribution in [0.25, 0.3) is 0 Å². The van der Waals surface area contributed by atoms with Gasteiger partial charge in [0, 0.05) is 18.9 Å².